The zero-order valence-electron chi connectivity index (χ0n) is 14.0. The molecule has 0 saturated carbocycles. The maximum atomic E-state index is 11.8. The van der Waals surface area contributed by atoms with Crippen LogP contribution in [-0.2, 0) is 9.53 Å². The molecule has 0 fully saturated rings. The van der Waals surface area contributed by atoms with E-state index in [1.165, 1.54) is 13.2 Å². The molecule has 0 bridgehead atoms. The number of esters is 1. The smallest absolute Gasteiger partial charge is 0.339 e. The predicted molar refractivity (Wildman–Crippen MR) is 88.8 cm³/mol. The molecule has 0 aliphatic heterocycles. The number of carbonyl (C=O) groups is 1. The number of benzene rings is 1. The van der Waals surface area contributed by atoms with Gasteiger partial charge < -0.3 is 13.9 Å². The van der Waals surface area contributed by atoms with E-state index in [0.29, 0.717) is 29.1 Å². The first-order valence-electron chi connectivity index (χ1n) is 7.36. The third kappa shape index (κ3) is 3.28. The van der Waals surface area contributed by atoms with Crippen molar-refractivity contribution >= 4 is 22.5 Å². The van der Waals surface area contributed by atoms with Crippen molar-refractivity contribution in [2.75, 3.05) is 13.7 Å². The van der Waals surface area contributed by atoms with Crippen LogP contribution in [0.5, 0.6) is 5.75 Å². The summed E-state index contributed by atoms with van der Waals surface area (Å²) in [6.07, 6.45) is 1.43. The highest BCUT2D eigenvalue weighted by atomic mass is 16.5. The van der Waals surface area contributed by atoms with Crippen LogP contribution >= 0.6 is 0 Å². The Balaban J connectivity index is 2.68. The zero-order valence-corrected chi connectivity index (χ0v) is 14.0. The Bertz CT molecular complexity index is 843. The predicted octanol–water partition coefficient (Wildman–Crippen LogP) is 3.38. The molecular formula is C18H20O5. The summed E-state index contributed by atoms with van der Waals surface area (Å²) < 4.78 is 15.6. The van der Waals surface area contributed by atoms with E-state index in [1.54, 1.807) is 19.9 Å². The van der Waals surface area contributed by atoms with Crippen LogP contribution in [0.3, 0.4) is 0 Å². The minimum absolute atomic E-state index is 0.320. The van der Waals surface area contributed by atoms with Gasteiger partial charge in [-0.1, -0.05) is 0 Å². The number of hydrogen-bond donors (Lipinski definition) is 0. The molecule has 2 aromatic rings. The van der Waals surface area contributed by atoms with Crippen LogP contribution < -0.4 is 10.4 Å². The van der Waals surface area contributed by atoms with Crippen molar-refractivity contribution in [3.8, 4) is 5.75 Å². The Morgan fingerprint density at radius 2 is 1.96 bits per heavy atom. The van der Waals surface area contributed by atoms with Crippen LogP contribution in [0.1, 0.15) is 30.5 Å². The summed E-state index contributed by atoms with van der Waals surface area (Å²) in [6, 6.07) is 3.53. The molecule has 0 atom stereocenters. The van der Waals surface area contributed by atoms with Gasteiger partial charge in [0, 0.05) is 28.7 Å². The van der Waals surface area contributed by atoms with Gasteiger partial charge in [0.25, 0.3) is 0 Å². The molecule has 0 spiro atoms. The van der Waals surface area contributed by atoms with Gasteiger partial charge in [0.1, 0.15) is 11.3 Å². The summed E-state index contributed by atoms with van der Waals surface area (Å²) in [4.78, 5) is 23.5. The van der Waals surface area contributed by atoms with Crippen molar-refractivity contribution in [3.05, 3.63) is 45.3 Å². The normalized spacial score (nSPS) is 11.6. The van der Waals surface area contributed by atoms with E-state index >= 15 is 0 Å². The molecule has 5 heteroatoms. The Morgan fingerprint density at radius 3 is 2.57 bits per heavy atom. The number of fused-ring (bicyclic) bond motifs is 1. The first-order chi connectivity index (χ1) is 10.9. The van der Waals surface area contributed by atoms with Crippen LogP contribution in [0.15, 0.2) is 27.4 Å². The fourth-order valence-corrected chi connectivity index (χ4v) is 2.39. The second-order valence-electron chi connectivity index (χ2n) is 5.27. The molecule has 5 nitrogen and oxygen atoms in total. The van der Waals surface area contributed by atoms with Gasteiger partial charge in [-0.05, 0) is 44.9 Å². The second kappa shape index (κ2) is 6.69. The number of rotatable bonds is 4. The number of hydrogen-bond acceptors (Lipinski definition) is 5. The van der Waals surface area contributed by atoms with Crippen LogP contribution in [-0.4, -0.2) is 19.7 Å². The molecule has 122 valence electrons. The van der Waals surface area contributed by atoms with Gasteiger partial charge in [0.05, 0.1) is 13.7 Å². The Kier molecular flexibility index (Phi) is 4.89. The highest BCUT2D eigenvalue weighted by Gasteiger charge is 2.14. The third-order valence-electron chi connectivity index (χ3n) is 3.82. The summed E-state index contributed by atoms with van der Waals surface area (Å²) in [5, 5.41) is 0.814. The lowest BCUT2D eigenvalue weighted by Gasteiger charge is -2.12. The lowest BCUT2D eigenvalue weighted by molar-refractivity contribution is -0.137. The highest BCUT2D eigenvalue weighted by molar-refractivity contribution is 5.94. The number of carbonyl (C=O) groups excluding carboxylic acids is 1. The molecule has 0 aliphatic rings. The molecule has 1 aromatic carbocycles. The Morgan fingerprint density at radius 1 is 1.26 bits per heavy atom. The van der Waals surface area contributed by atoms with Crippen molar-refractivity contribution in [1.82, 2.24) is 0 Å². The van der Waals surface area contributed by atoms with E-state index in [4.69, 9.17) is 13.9 Å². The number of allylic oxidation sites excluding steroid dienone is 1. The van der Waals surface area contributed by atoms with Gasteiger partial charge in [-0.15, -0.1) is 0 Å². The summed E-state index contributed by atoms with van der Waals surface area (Å²) in [5.74, 6) is 0.126. The number of aryl methyl sites for hydroxylation is 1. The van der Waals surface area contributed by atoms with E-state index in [2.05, 4.69) is 0 Å². The Labute approximate surface area is 134 Å². The molecule has 0 N–H and O–H groups in total. The van der Waals surface area contributed by atoms with E-state index in [-0.39, 0.29) is 5.63 Å². The molecule has 0 radical (unpaired) electrons. The summed E-state index contributed by atoms with van der Waals surface area (Å²) in [5.41, 5.74) is 2.99. The van der Waals surface area contributed by atoms with E-state index in [0.717, 1.165) is 16.5 Å². The highest BCUT2D eigenvalue weighted by Crippen LogP contribution is 2.32. The van der Waals surface area contributed by atoms with Crippen molar-refractivity contribution in [2.24, 2.45) is 0 Å². The van der Waals surface area contributed by atoms with Gasteiger partial charge in [0.15, 0.2) is 0 Å². The third-order valence-corrected chi connectivity index (χ3v) is 3.82. The molecule has 1 aromatic heterocycles. The molecule has 2 rings (SSSR count). The monoisotopic (exact) mass is 316 g/mol. The van der Waals surface area contributed by atoms with Crippen molar-refractivity contribution in [1.29, 1.82) is 0 Å². The van der Waals surface area contributed by atoms with E-state index < -0.39 is 5.97 Å². The average Bonchev–Trinajstić information content (AvgIpc) is 2.51. The minimum Gasteiger partial charge on any atom is -0.496 e. The van der Waals surface area contributed by atoms with Gasteiger partial charge in [-0.2, -0.15) is 0 Å². The molecular weight excluding hydrogens is 296 g/mol. The van der Waals surface area contributed by atoms with Gasteiger partial charge in [-0.3, -0.25) is 0 Å². The molecule has 23 heavy (non-hydrogen) atoms. The molecule has 0 amide bonds. The molecule has 0 saturated heterocycles. The first-order valence-corrected chi connectivity index (χ1v) is 7.36. The quantitative estimate of drug-likeness (QED) is 0.491. The maximum absolute atomic E-state index is 11.8. The van der Waals surface area contributed by atoms with Crippen LogP contribution in [0.4, 0.5) is 0 Å². The second-order valence-corrected chi connectivity index (χ2v) is 5.27. The van der Waals surface area contributed by atoms with Crippen molar-refractivity contribution in [3.63, 3.8) is 0 Å². The fourth-order valence-electron chi connectivity index (χ4n) is 2.39. The van der Waals surface area contributed by atoms with Crippen LogP contribution in [0.2, 0.25) is 0 Å². The van der Waals surface area contributed by atoms with Crippen molar-refractivity contribution < 1.29 is 18.7 Å². The topological polar surface area (TPSA) is 65.7 Å². The van der Waals surface area contributed by atoms with Gasteiger partial charge in [0.2, 0.25) is 0 Å². The summed E-state index contributed by atoms with van der Waals surface area (Å²) in [7, 11) is 1.53. The summed E-state index contributed by atoms with van der Waals surface area (Å²) >= 11 is 0. The Hall–Kier alpha value is -2.56. The minimum atomic E-state index is -0.403. The van der Waals surface area contributed by atoms with Gasteiger partial charge >= 0.3 is 11.6 Å². The van der Waals surface area contributed by atoms with Crippen LogP contribution in [0.25, 0.3) is 16.5 Å². The van der Waals surface area contributed by atoms with Crippen molar-refractivity contribution in [2.45, 2.75) is 27.7 Å². The van der Waals surface area contributed by atoms with E-state index in [1.807, 2.05) is 19.9 Å². The van der Waals surface area contributed by atoms with Gasteiger partial charge in [-0.25, -0.2) is 9.59 Å². The largest absolute Gasteiger partial charge is 0.496 e. The molecule has 0 unspecified atom stereocenters. The zero-order chi connectivity index (χ0) is 17.1. The lowest BCUT2D eigenvalue weighted by atomic mass is 9.99. The van der Waals surface area contributed by atoms with E-state index in [9.17, 15) is 9.59 Å². The SMILES string of the molecule is CCOC(=O)/C=C(\C)c1cc2c(C)c(C)c(=O)oc2cc1OC. The van der Waals surface area contributed by atoms with Crippen LogP contribution in [0, 0.1) is 13.8 Å². The maximum Gasteiger partial charge on any atom is 0.339 e. The molecule has 0 aliphatic carbocycles. The molecule has 1 heterocycles. The lowest BCUT2D eigenvalue weighted by Crippen LogP contribution is -2.06. The fraction of sp³-hybridized carbons (Fsp3) is 0.333. The standard InChI is InChI=1S/C18H20O5/c1-6-22-17(19)7-10(2)13-8-14-11(3)12(4)18(20)23-16(14)9-15(13)21-5/h7-9H,6H2,1-5H3/b10-7+. The summed E-state index contributed by atoms with van der Waals surface area (Å²) in [6.45, 7) is 7.48. The number of ether oxygens (including phenoxy) is 2. The number of methoxy groups -OCH3 is 1. The first kappa shape index (κ1) is 16.8. The average molecular weight is 316 g/mol.